The molecule has 0 bridgehead atoms. The third-order valence-corrected chi connectivity index (χ3v) is 4.45. The number of nitrogens with zero attached hydrogens (tertiary/aromatic N) is 1. The van der Waals surface area contributed by atoms with Crippen LogP contribution in [0.25, 0.3) is 0 Å². The highest BCUT2D eigenvalue weighted by Crippen LogP contribution is 2.19. The number of nitrogens with one attached hydrogen (secondary N) is 1. The normalized spacial score (nSPS) is 14.0. The molecule has 2 rings (SSSR count). The zero-order valence-corrected chi connectivity index (χ0v) is 14.6. The van der Waals surface area contributed by atoms with E-state index in [9.17, 15) is 9.59 Å². The average Bonchev–Trinajstić information content (AvgIpc) is 2.60. The molecule has 0 unspecified atom stereocenters. The highest BCUT2D eigenvalue weighted by Gasteiger charge is 2.13. The Balaban J connectivity index is 1.72. The first-order chi connectivity index (χ1) is 11.6. The Hall–Kier alpha value is -2.10. The molecule has 1 aliphatic rings. The van der Waals surface area contributed by atoms with Gasteiger partial charge in [-0.15, -0.1) is 0 Å². The molecule has 0 atom stereocenters. The number of carbonyl (C=O) groups excluding carboxylic acids is 2. The molecule has 2 amide bonds. The lowest BCUT2D eigenvalue weighted by atomic mass is 9.97. The lowest BCUT2D eigenvalue weighted by Gasteiger charge is -2.21. The number of hydrogen-bond acceptors (Lipinski definition) is 2. The van der Waals surface area contributed by atoms with Gasteiger partial charge >= 0.3 is 0 Å². The van der Waals surface area contributed by atoms with Gasteiger partial charge in [0.2, 0.25) is 11.8 Å². The van der Waals surface area contributed by atoms with E-state index in [4.69, 9.17) is 0 Å². The molecule has 0 spiro atoms. The predicted octanol–water partition coefficient (Wildman–Crippen LogP) is 3.08. The van der Waals surface area contributed by atoms with E-state index in [-0.39, 0.29) is 18.4 Å². The monoisotopic (exact) mass is 328 g/mol. The van der Waals surface area contributed by atoms with E-state index in [0.717, 1.165) is 19.3 Å². The van der Waals surface area contributed by atoms with Gasteiger partial charge in [-0.3, -0.25) is 9.59 Å². The van der Waals surface area contributed by atoms with Gasteiger partial charge in [0.1, 0.15) is 0 Å². The molecular weight excluding hydrogens is 300 g/mol. The molecule has 24 heavy (non-hydrogen) atoms. The van der Waals surface area contributed by atoms with Gasteiger partial charge in [-0.1, -0.05) is 42.0 Å². The van der Waals surface area contributed by atoms with E-state index in [0.29, 0.717) is 13.1 Å². The van der Waals surface area contributed by atoms with Crippen molar-refractivity contribution in [1.82, 2.24) is 10.2 Å². The van der Waals surface area contributed by atoms with Crippen LogP contribution in [0.4, 0.5) is 0 Å². The largest absolute Gasteiger partial charge is 0.354 e. The topological polar surface area (TPSA) is 49.4 Å². The first-order valence-corrected chi connectivity index (χ1v) is 8.89. The van der Waals surface area contributed by atoms with Crippen LogP contribution in [0, 0.1) is 0 Å². The highest BCUT2D eigenvalue weighted by molar-refractivity contribution is 5.83. The van der Waals surface area contributed by atoms with E-state index in [1.54, 1.807) is 4.90 Å². The molecular formula is C20H28N2O2. The summed E-state index contributed by atoms with van der Waals surface area (Å²) < 4.78 is 0. The molecule has 0 fully saturated rings. The molecule has 0 saturated carbocycles. The Bertz CT molecular complexity index is 566. The second-order valence-corrected chi connectivity index (χ2v) is 6.38. The van der Waals surface area contributed by atoms with Gasteiger partial charge in [-0.25, -0.2) is 0 Å². The number of rotatable bonds is 8. The van der Waals surface area contributed by atoms with Gasteiger partial charge in [0.05, 0.1) is 6.54 Å². The van der Waals surface area contributed by atoms with Crippen molar-refractivity contribution < 1.29 is 9.59 Å². The predicted molar refractivity (Wildman–Crippen MR) is 96.6 cm³/mol. The standard InChI is InChI=1S/C20H28N2O2/c1-17(23)22(15-13-19-10-6-3-7-11-19)16-20(24)21-14-12-18-8-4-2-5-9-18/h3,6-8,10-11H,2,4-5,9,12-16H2,1H3,(H,21,24). The Morgan fingerprint density at radius 2 is 1.92 bits per heavy atom. The summed E-state index contributed by atoms with van der Waals surface area (Å²) in [4.78, 5) is 25.5. The minimum atomic E-state index is -0.0744. The molecule has 0 saturated heterocycles. The smallest absolute Gasteiger partial charge is 0.239 e. The second kappa shape index (κ2) is 9.91. The minimum Gasteiger partial charge on any atom is -0.354 e. The van der Waals surface area contributed by atoms with E-state index in [2.05, 4.69) is 11.4 Å². The van der Waals surface area contributed by atoms with Crippen molar-refractivity contribution >= 4 is 11.8 Å². The quantitative estimate of drug-likeness (QED) is 0.746. The fourth-order valence-corrected chi connectivity index (χ4v) is 2.98. The van der Waals surface area contributed by atoms with Crippen LogP contribution in [0.1, 0.15) is 44.6 Å². The van der Waals surface area contributed by atoms with Crippen LogP contribution < -0.4 is 5.32 Å². The summed E-state index contributed by atoms with van der Waals surface area (Å²) in [6.45, 7) is 2.89. The van der Waals surface area contributed by atoms with Gasteiger partial charge in [-0.05, 0) is 44.1 Å². The second-order valence-electron chi connectivity index (χ2n) is 6.38. The molecule has 0 heterocycles. The summed E-state index contributed by atoms with van der Waals surface area (Å²) in [5, 5.41) is 2.94. The number of benzene rings is 1. The van der Waals surface area contributed by atoms with E-state index >= 15 is 0 Å². The zero-order valence-electron chi connectivity index (χ0n) is 14.6. The molecule has 1 aromatic rings. The van der Waals surface area contributed by atoms with Gasteiger partial charge in [0.15, 0.2) is 0 Å². The molecule has 0 aliphatic heterocycles. The van der Waals surface area contributed by atoms with Crippen molar-refractivity contribution in [3.63, 3.8) is 0 Å². The third kappa shape index (κ3) is 6.57. The lowest BCUT2D eigenvalue weighted by Crippen LogP contribution is -2.41. The van der Waals surface area contributed by atoms with E-state index in [1.165, 1.54) is 37.3 Å². The average molecular weight is 328 g/mol. The SMILES string of the molecule is CC(=O)N(CCc1ccccc1)CC(=O)NCCC1=CCCCC1. The number of carbonyl (C=O) groups is 2. The summed E-state index contributed by atoms with van der Waals surface area (Å²) >= 11 is 0. The van der Waals surface area contributed by atoms with Crippen molar-refractivity contribution in [2.24, 2.45) is 0 Å². The number of amides is 2. The van der Waals surface area contributed by atoms with Gasteiger partial charge in [0, 0.05) is 20.0 Å². The molecule has 130 valence electrons. The first kappa shape index (κ1) is 18.2. The Morgan fingerprint density at radius 1 is 1.12 bits per heavy atom. The third-order valence-electron chi connectivity index (χ3n) is 4.45. The molecule has 4 heteroatoms. The lowest BCUT2D eigenvalue weighted by molar-refractivity contribution is -0.134. The van der Waals surface area contributed by atoms with Gasteiger partial charge in [-0.2, -0.15) is 0 Å². The summed E-state index contributed by atoms with van der Waals surface area (Å²) in [7, 11) is 0. The van der Waals surface area contributed by atoms with Crippen LogP contribution in [-0.4, -0.2) is 36.3 Å². The fourth-order valence-electron chi connectivity index (χ4n) is 2.98. The maximum absolute atomic E-state index is 12.1. The molecule has 4 nitrogen and oxygen atoms in total. The van der Waals surface area contributed by atoms with Crippen molar-refractivity contribution in [3.05, 3.63) is 47.5 Å². The summed E-state index contributed by atoms with van der Waals surface area (Å²) in [6, 6.07) is 10.0. The van der Waals surface area contributed by atoms with Crippen LogP contribution in [-0.2, 0) is 16.0 Å². The molecule has 1 aliphatic carbocycles. The van der Waals surface area contributed by atoms with Crippen molar-refractivity contribution in [2.45, 2.75) is 45.4 Å². The summed E-state index contributed by atoms with van der Waals surface area (Å²) in [5.41, 5.74) is 2.63. The molecule has 1 aromatic carbocycles. The van der Waals surface area contributed by atoms with Crippen LogP contribution in [0.2, 0.25) is 0 Å². The number of hydrogen-bond donors (Lipinski definition) is 1. The number of allylic oxidation sites excluding steroid dienone is 1. The van der Waals surface area contributed by atoms with E-state index < -0.39 is 0 Å². The maximum atomic E-state index is 12.1. The van der Waals surface area contributed by atoms with Crippen molar-refractivity contribution in [2.75, 3.05) is 19.6 Å². The van der Waals surface area contributed by atoms with Crippen LogP contribution in [0.5, 0.6) is 0 Å². The fraction of sp³-hybridized carbons (Fsp3) is 0.500. The van der Waals surface area contributed by atoms with Crippen LogP contribution >= 0.6 is 0 Å². The van der Waals surface area contributed by atoms with Gasteiger partial charge in [0.25, 0.3) is 0 Å². The Morgan fingerprint density at radius 3 is 2.58 bits per heavy atom. The first-order valence-electron chi connectivity index (χ1n) is 8.89. The summed E-state index contributed by atoms with van der Waals surface area (Å²) in [5.74, 6) is -0.134. The van der Waals surface area contributed by atoms with Crippen LogP contribution in [0.3, 0.4) is 0 Å². The molecule has 1 N–H and O–H groups in total. The summed E-state index contributed by atoms with van der Waals surface area (Å²) in [6.07, 6.45) is 8.86. The zero-order chi connectivity index (χ0) is 17.2. The van der Waals surface area contributed by atoms with Crippen LogP contribution in [0.15, 0.2) is 42.0 Å². The maximum Gasteiger partial charge on any atom is 0.239 e. The van der Waals surface area contributed by atoms with Crippen molar-refractivity contribution in [1.29, 1.82) is 0 Å². The Kier molecular flexibility index (Phi) is 7.53. The Labute approximate surface area is 144 Å². The minimum absolute atomic E-state index is 0.0592. The van der Waals surface area contributed by atoms with E-state index in [1.807, 2.05) is 30.3 Å². The van der Waals surface area contributed by atoms with Gasteiger partial charge < -0.3 is 10.2 Å². The molecule has 0 radical (unpaired) electrons. The highest BCUT2D eigenvalue weighted by atomic mass is 16.2. The molecule has 0 aromatic heterocycles. The van der Waals surface area contributed by atoms with Crippen molar-refractivity contribution in [3.8, 4) is 0 Å².